The van der Waals surface area contributed by atoms with Crippen LogP contribution >= 0.6 is 0 Å². The molecule has 0 aliphatic carbocycles. The van der Waals surface area contributed by atoms with Gasteiger partial charge in [-0.25, -0.2) is 4.79 Å². The maximum absolute atomic E-state index is 12.1. The molecule has 6 heteroatoms. The first-order chi connectivity index (χ1) is 10.6. The fourth-order valence-corrected chi connectivity index (χ4v) is 2.13. The summed E-state index contributed by atoms with van der Waals surface area (Å²) in [6, 6.07) is 6.34. The van der Waals surface area contributed by atoms with E-state index in [4.69, 9.17) is 0 Å². The number of nitrogens with zero attached hydrogens (tertiary/aromatic N) is 2. The highest BCUT2D eigenvalue weighted by Crippen LogP contribution is 2.09. The van der Waals surface area contributed by atoms with Gasteiger partial charge in [0.25, 0.3) is 5.91 Å². The number of rotatable bonds is 5. The molecule has 6 nitrogen and oxygen atoms in total. The van der Waals surface area contributed by atoms with E-state index in [0.29, 0.717) is 17.7 Å². The molecule has 0 atom stereocenters. The molecule has 1 heterocycles. The zero-order valence-electron chi connectivity index (χ0n) is 12.9. The van der Waals surface area contributed by atoms with Crippen molar-refractivity contribution in [2.75, 3.05) is 7.11 Å². The van der Waals surface area contributed by atoms with E-state index in [1.54, 1.807) is 30.5 Å². The first kappa shape index (κ1) is 15.8. The number of hydrogen-bond donors (Lipinski definition) is 1. The summed E-state index contributed by atoms with van der Waals surface area (Å²) in [5.74, 6) is -0.616. The van der Waals surface area contributed by atoms with Crippen LogP contribution in [-0.4, -0.2) is 28.8 Å². The second-order valence-electron chi connectivity index (χ2n) is 4.82. The van der Waals surface area contributed by atoms with Crippen molar-refractivity contribution in [3.63, 3.8) is 0 Å². The second-order valence-corrected chi connectivity index (χ2v) is 4.82. The SMILES string of the molecule is CCn1ncc(CNC(=O)c2ccc(C(=O)OC)cc2)c1C. The third kappa shape index (κ3) is 3.33. The summed E-state index contributed by atoms with van der Waals surface area (Å²) >= 11 is 0. The monoisotopic (exact) mass is 301 g/mol. The van der Waals surface area contributed by atoms with Gasteiger partial charge in [0.1, 0.15) is 0 Å². The van der Waals surface area contributed by atoms with Gasteiger partial charge in [-0.3, -0.25) is 9.48 Å². The molecule has 0 spiro atoms. The minimum Gasteiger partial charge on any atom is -0.465 e. The Balaban J connectivity index is 2.00. The van der Waals surface area contributed by atoms with Crippen molar-refractivity contribution in [1.29, 1.82) is 0 Å². The zero-order chi connectivity index (χ0) is 16.1. The van der Waals surface area contributed by atoms with Crippen LogP contribution in [0.2, 0.25) is 0 Å². The lowest BCUT2D eigenvalue weighted by molar-refractivity contribution is 0.0600. The number of aryl methyl sites for hydroxylation is 1. The Labute approximate surface area is 129 Å². The van der Waals surface area contributed by atoms with Gasteiger partial charge >= 0.3 is 5.97 Å². The molecule has 22 heavy (non-hydrogen) atoms. The van der Waals surface area contributed by atoms with Crippen molar-refractivity contribution in [1.82, 2.24) is 15.1 Å². The number of carbonyl (C=O) groups is 2. The molecule has 0 bridgehead atoms. The molecule has 0 unspecified atom stereocenters. The molecular formula is C16H19N3O3. The van der Waals surface area contributed by atoms with Gasteiger partial charge in [-0.05, 0) is 38.1 Å². The van der Waals surface area contributed by atoms with Crippen LogP contribution in [0.4, 0.5) is 0 Å². The average molecular weight is 301 g/mol. The Hall–Kier alpha value is -2.63. The summed E-state index contributed by atoms with van der Waals surface area (Å²) in [5.41, 5.74) is 2.94. The van der Waals surface area contributed by atoms with E-state index in [2.05, 4.69) is 15.2 Å². The molecule has 0 aliphatic rings. The van der Waals surface area contributed by atoms with Crippen molar-refractivity contribution in [3.05, 3.63) is 52.8 Å². The molecule has 0 fully saturated rings. The number of nitrogens with one attached hydrogen (secondary N) is 1. The highest BCUT2D eigenvalue weighted by atomic mass is 16.5. The van der Waals surface area contributed by atoms with Crippen LogP contribution in [0.15, 0.2) is 30.5 Å². The van der Waals surface area contributed by atoms with Crippen LogP contribution in [-0.2, 0) is 17.8 Å². The second kappa shape index (κ2) is 6.89. The van der Waals surface area contributed by atoms with Crippen molar-refractivity contribution in [3.8, 4) is 0 Å². The van der Waals surface area contributed by atoms with Gasteiger partial charge in [0.05, 0.1) is 18.9 Å². The van der Waals surface area contributed by atoms with Crippen molar-refractivity contribution in [2.45, 2.75) is 26.9 Å². The third-order valence-corrected chi connectivity index (χ3v) is 3.51. The van der Waals surface area contributed by atoms with E-state index >= 15 is 0 Å². The summed E-state index contributed by atoms with van der Waals surface area (Å²) in [5, 5.41) is 7.09. The van der Waals surface area contributed by atoms with E-state index in [0.717, 1.165) is 17.8 Å². The number of benzene rings is 1. The van der Waals surface area contributed by atoms with Crippen molar-refractivity contribution < 1.29 is 14.3 Å². The summed E-state index contributed by atoms with van der Waals surface area (Å²) in [6.07, 6.45) is 1.76. The molecule has 1 aromatic carbocycles. The third-order valence-electron chi connectivity index (χ3n) is 3.51. The lowest BCUT2D eigenvalue weighted by atomic mass is 10.1. The first-order valence-corrected chi connectivity index (χ1v) is 7.04. The number of hydrogen-bond acceptors (Lipinski definition) is 4. The number of aromatic nitrogens is 2. The topological polar surface area (TPSA) is 73.2 Å². The van der Waals surface area contributed by atoms with Gasteiger partial charge in [-0.1, -0.05) is 0 Å². The van der Waals surface area contributed by atoms with E-state index in [-0.39, 0.29) is 5.91 Å². The molecule has 116 valence electrons. The van der Waals surface area contributed by atoms with E-state index in [1.165, 1.54) is 7.11 Å². The largest absolute Gasteiger partial charge is 0.465 e. The summed E-state index contributed by atoms with van der Waals surface area (Å²) in [6.45, 7) is 5.21. The Morgan fingerprint density at radius 1 is 1.23 bits per heavy atom. The van der Waals surface area contributed by atoms with Crippen LogP contribution in [0.1, 0.15) is 38.9 Å². The molecule has 1 amide bonds. The summed E-state index contributed by atoms with van der Waals surface area (Å²) < 4.78 is 6.50. The molecule has 0 radical (unpaired) electrons. The van der Waals surface area contributed by atoms with E-state index in [9.17, 15) is 9.59 Å². The Morgan fingerprint density at radius 2 is 1.86 bits per heavy atom. The molecule has 2 aromatic rings. The average Bonchev–Trinajstić information content (AvgIpc) is 2.92. The number of amides is 1. The molecule has 0 aliphatic heterocycles. The van der Waals surface area contributed by atoms with E-state index < -0.39 is 5.97 Å². The predicted octanol–water partition coefficient (Wildman–Crippen LogP) is 1.93. The number of ether oxygens (including phenoxy) is 1. The van der Waals surface area contributed by atoms with Gasteiger partial charge in [-0.15, -0.1) is 0 Å². The minimum atomic E-state index is -0.422. The zero-order valence-corrected chi connectivity index (χ0v) is 12.9. The number of methoxy groups -OCH3 is 1. The molecular weight excluding hydrogens is 282 g/mol. The standard InChI is InChI=1S/C16H19N3O3/c1-4-19-11(2)14(10-18-19)9-17-15(20)12-5-7-13(8-6-12)16(21)22-3/h5-8,10H,4,9H2,1-3H3,(H,17,20). The Morgan fingerprint density at radius 3 is 2.41 bits per heavy atom. The number of esters is 1. The molecule has 1 aromatic heterocycles. The quantitative estimate of drug-likeness (QED) is 0.856. The number of carbonyl (C=O) groups excluding carboxylic acids is 2. The van der Waals surface area contributed by atoms with Gasteiger partial charge in [-0.2, -0.15) is 5.10 Å². The highest BCUT2D eigenvalue weighted by Gasteiger charge is 2.10. The van der Waals surface area contributed by atoms with Crippen molar-refractivity contribution in [2.24, 2.45) is 0 Å². The Bertz CT molecular complexity index is 674. The van der Waals surface area contributed by atoms with Gasteiger partial charge < -0.3 is 10.1 Å². The predicted molar refractivity (Wildman–Crippen MR) is 81.6 cm³/mol. The van der Waals surface area contributed by atoms with Crippen LogP contribution in [0, 0.1) is 6.92 Å². The van der Waals surface area contributed by atoms with Crippen LogP contribution in [0.25, 0.3) is 0 Å². The molecule has 0 saturated heterocycles. The van der Waals surface area contributed by atoms with Crippen LogP contribution in [0.5, 0.6) is 0 Å². The smallest absolute Gasteiger partial charge is 0.337 e. The van der Waals surface area contributed by atoms with Gasteiger partial charge in [0.2, 0.25) is 0 Å². The fraction of sp³-hybridized carbons (Fsp3) is 0.312. The fourth-order valence-electron chi connectivity index (χ4n) is 2.13. The molecule has 2 rings (SSSR count). The highest BCUT2D eigenvalue weighted by molar-refractivity contribution is 5.96. The lowest BCUT2D eigenvalue weighted by Crippen LogP contribution is -2.23. The van der Waals surface area contributed by atoms with E-state index in [1.807, 2.05) is 18.5 Å². The first-order valence-electron chi connectivity index (χ1n) is 7.04. The normalized spacial score (nSPS) is 10.3. The van der Waals surface area contributed by atoms with Crippen LogP contribution < -0.4 is 5.32 Å². The summed E-state index contributed by atoms with van der Waals surface area (Å²) in [4.78, 5) is 23.4. The Kier molecular flexibility index (Phi) is 4.93. The maximum Gasteiger partial charge on any atom is 0.337 e. The molecule has 0 saturated carbocycles. The van der Waals surface area contributed by atoms with Crippen LogP contribution in [0.3, 0.4) is 0 Å². The van der Waals surface area contributed by atoms with Crippen molar-refractivity contribution >= 4 is 11.9 Å². The minimum absolute atomic E-state index is 0.194. The van der Waals surface area contributed by atoms with Gasteiger partial charge in [0.15, 0.2) is 0 Å². The summed E-state index contributed by atoms with van der Waals surface area (Å²) in [7, 11) is 1.32. The maximum atomic E-state index is 12.1. The lowest BCUT2D eigenvalue weighted by Gasteiger charge is -2.06. The molecule has 1 N–H and O–H groups in total. The van der Waals surface area contributed by atoms with Gasteiger partial charge in [0, 0.05) is 29.9 Å².